The fourth-order valence-corrected chi connectivity index (χ4v) is 3.53. The largest absolute Gasteiger partial charge is 0.349 e. The van der Waals surface area contributed by atoms with E-state index in [9.17, 15) is 14.9 Å². The highest BCUT2D eigenvalue weighted by Crippen LogP contribution is 2.34. The predicted molar refractivity (Wildman–Crippen MR) is 84.7 cm³/mol. The van der Waals surface area contributed by atoms with Gasteiger partial charge in [-0.2, -0.15) is 0 Å². The zero-order chi connectivity index (χ0) is 15.2. The number of rotatable bonds is 6. The van der Waals surface area contributed by atoms with Crippen molar-refractivity contribution >= 4 is 34.0 Å². The standard InChI is InChI=1S/C14H14N2O3S2/c1-10(11-5-3-2-4-6-11)15-13(17)9-21-12-7-8-20-14(12)16(18)19/h2-8,10H,9H2,1H3,(H,15,17)/t10-/m1/s1. The van der Waals surface area contributed by atoms with Crippen LogP contribution < -0.4 is 5.32 Å². The molecule has 0 saturated carbocycles. The van der Waals surface area contributed by atoms with Crippen molar-refractivity contribution in [2.45, 2.75) is 17.9 Å². The van der Waals surface area contributed by atoms with Gasteiger partial charge in [0.1, 0.15) is 0 Å². The van der Waals surface area contributed by atoms with E-state index in [0.29, 0.717) is 4.90 Å². The zero-order valence-electron chi connectivity index (χ0n) is 11.3. The molecule has 1 aromatic heterocycles. The first-order valence-electron chi connectivity index (χ1n) is 6.27. The van der Waals surface area contributed by atoms with Crippen LogP contribution in [0.3, 0.4) is 0 Å². The van der Waals surface area contributed by atoms with Crippen LogP contribution in [0.2, 0.25) is 0 Å². The van der Waals surface area contributed by atoms with E-state index in [-0.39, 0.29) is 22.7 Å². The maximum atomic E-state index is 11.9. The van der Waals surface area contributed by atoms with Crippen molar-refractivity contribution in [1.29, 1.82) is 0 Å². The Morgan fingerprint density at radius 1 is 1.38 bits per heavy atom. The number of nitrogens with one attached hydrogen (secondary N) is 1. The van der Waals surface area contributed by atoms with E-state index in [1.54, 1.807) is 11.4 Å². The third-order valence-electron chi connectivity index (χ3n) is 2.81. The summed E-state index contributed by atoms with van der Waals surface area (Å²) in [7, 11) is 0. The highest BCUT2D eigenvalue weighted by Gasteiger charge is 2.17. The van der Waals surface area contributed by atoms with E-state index in [1.165, 1.54) is 11.8 Å². The van der Waals surface area contributed by atoms with Crippen LogP contribution in [-0.2, 0) is 4.79 Å². The molecule has 2 aromatic rings. The summed E-state index contributed by atoms with van der Waals surface area (Å²) in [5, 5.41) is 15.4. The summed E-state index contributed by atoms with van der Waals surface area (Å²) in [4.78, 5) is 22.8. The van der Waals surface area contributed by atoms with Crippen molar-refractivity contribution in [3.05, 3.63) is 57.5 Å². The summed E-state index contributed by atoms with van der Waals surface area (Å²) in [5.41, 5.74) is 1.03. The minimum Gasteiger partial charge on any atom is -0.349 e. The number of nitrogens with zero attached hydrogens (tertiary/aromatic N) is 1. The summed E-state index contributed by atoms with van der Waals surface area (Å²) in [6, 6.07) is 11.2. The van der Waals surface area contributed by atoms with Crippen LogP contribution in [0.4, 0.5) is 5.00 Å². The number of thiophene rings is 1. The molecule has 1 heterocycles. The molecule has 7 heteroatoms. The normalized spacial score (nSPS) is 11.9. The second-order valence-corrected chi connectivity index (χ2v) is 6.25. The van der Waals surface area contributed by atoms with Gasteiger partial charge in [-0.15, -0.1) is 11.8 Å². The van der Waals surface area contributed by atoms with Crippen LogP contribution in [0.15, 0.2) is 46.7 Å². The molecule has 110 valence electrons. The van der Waals surface area contributed by atoms with Gasteiger partial charge in [0.25, 0.3) is 0 Å². The number of amides is 1. The van der Waals surface area contributed by atoms with Crippen molar-refractivity contribution in [1.82, 2.24) is 5.32 Å². The molecule has 21 heavy (non-hydrogen) atoms. The number of carbonyl (C=O) groups excluding carboxylic acids is 1. The van der Waals surface area contributed by atoms with Gasteiger partial charge in [0, 0.05) is 0 Å². The molecule has 0 radical (unpaired) electrons. The molecule has 0 spiro atoms. The molecule has 1 aromatic carbocycles. The summed E-state index contributed by atoms with van der Waals surface area (Å²) < 4.78 is 0. The number of thioether (sulfide) groups is 1. The monoisotopic (exact) mass is 322 g/mol. The molecule has 1 atom stereocenters. The topological polar surface area (TPSA) is 72.2 Å². The van der Waals surface area contributed by atoms with Gasteiger partial charge in [-0.25, -0.2) is 0 Å². The van der Waals surface area contributed by atoms with Gasteiger partial charge in [0.05, 0.1) is 21.6 Å². The van der Waals surface area contributed by atoms with Gasteiger partial charge in [-0.1, -0.05) is 41.7 Å². The number of hydrogen-bond donors (Lipinski definition) is 1. The van der Waals surface area contributed by atoms with Crippen LogP contribution in [0.5, 0.6) is 0 Å². The molecule has 1 amide bonds. The zero-order valence-corrected chi connectivity index (χ0v) is 12.9. The van der Waals surface area contributed by atoms with Crippen LogP contribution in [0.1, 0.15) is 18.5 Å². The maximum absolute atomic E-state index is 11.9. The fraction of sp³-hybridized carbons (Fsp3) is 0.214. The van der Waals surface area contributed by atoms with Crippen molar-refractivity contribution < 1.29 is 9.72 Å². The third kappa shape index (κ3) is 4.30. The molecule has 1 N–H and O–H groups in total. The van der Waals surface area contributed by atoms with E-state index in [4.69, 9.17) is 0 Å². The van der Waals surface area contributed by atoms with Gasteiger partial charge in [-0.3, -0.25) is 14.9 Å². The second-order valence-electron chi connectivity index (χ2n) is 4.34. The van der Waals surface area contributed by atoms with Crippen molar-refractivity contribution in [3.8, 4) is 0 Å². The van der Waals surface area contributed by atoms with Gasteiger partial charge in [-0.05, 0) is 23.9 Å². The Kier molecular flexibility index (Phi) is 5.35. The lowest BCUT2D eigenvalue weighted by atomic mass is 10.1. The predicted octanol–water partition coefficient (Wildman–Crippen LogP) is 3.63. The molecule has 0 saturated heterocycles. The Hall–Kier alpha value is -1.86. The maximum Gasteiger partial charge on any atom is 0.337 e. The molecule has 0 fully saturated rings. The van der Waals surface area contributed by atoms with Crippen LogP contribution in [0.25, 0.3) is 0 Å². The highest BCUT2D eigenvalue weighted by atomic mass is 32.2. The van der Waals surface area contributed by atoms with E-state index in [0.717, 1.165) is 16.9 Å². The minimum absolute atomic E-state index is 0.0863. The first-order valence-corrected chi connectivity index (χ1v) is 8.13. The molecule has 2 rings (SSSR count). The molecule has 0 aliphatic carbocycles. The SMILES string of the molecule is C[C@@H](NC(=O)CSc1ccsc1[N+](=O)[O-])c1ccccc1. The molecular weight excluding hydrogens is 308 g/mol. The first kappa shape index (κ1) is 15.5. The molecule has 0 aliphatic rings. The van der Waals surface area contributed by atoms with Crippen molar-refractivity contribution in [2.24, 2.45) is 0 Å². The Bertz CT molecular complexity index is 628. The quantitative estimate of drug-likeness (QED) is 0.501. The highest BCUT2D eigenvalue weighted by molar-refractivity contribution is 8.00. The minimum atomic E-state index is -0.419. The van der Waals surface area contributed by atoms with Gasteiger partial charge < -0.3 is 5.32 Å². The van der Waals surface area contributed by atoms with Gasteiger partial charge in [0.2, 0.25) is 5.91 Å². The van der Waals surface area contributed by atoms with Gasteiger partial charge in [0.15, 0.2) is 0 Å². The second kappa shape index (κ2) is 7.24. The number of hydrogen-bond acceptors (Lipinski definition) is 5. The van der Waals surface area contributed by atoms with E-state index in [1.807, 2.05) is 37.3 Å². The van der Waals surface area contributed by atoms with Crippen LogP contribution in [0, 0.1) is 10.1 Å². The number of carbonyl (C=O) groups is 1. The molecule has 0 bridgehead atoms. The fourth-order valence-electron chi connectivity index (χ4n) is 1.78. The number of nitro groups is 1. The van der Waals surface area contributed by atoms with Crippen molar-refractivity contribution in [2.75, 3.05) is 5.75 Å². The average Bonchev–Trinajstić information content (AvgIpc) is 2.94. The Balaban J connectivity index is 1.88. The van der Waals surface area contributed by atoms with Crippen LogP contribution in [-0.4, -0.2) is 16.6 Å². The molecular formula is C14H14N2O3S2. The number of benzene rings is 1. The van der Waals surface area contributed by atoms with E-state index >= 15 is 0 Å². The summed E-state index contributed by atoms with van der Waals surface area (Å²) in [6.45, 7) is 1.91. The van der Waals surface area contributed by atoms with Crippen molar-refractivity contribution in [3.63, 3.8) is 0 Å². The third-order valence-corrected chi connectivity index (χ3v) is 4.85. The van der Waals surface area contributed by atoms with E-state index in [2.05, 4.69) is 5.32 Å². The molecule has 5 nitrogen and oxygen atoms in total. The Morgan fingerprint density at radius 2 is 2.10 bits per heavy atom. The van der Waals surface area contributed by atoms with Crippen LogP contribution >= 0.6 is 23.1 Å². The first-order chi connectivity index (χ1) is 10.1. The smallest absolute Gasteiger partial charge is 0.337 e. The summed E-state index contributed by atoms with van der Waals surface area (Å²) in [6.07, 6.45) is 0. The summed E-state index contributed by atoms with van der Waals surface area (Å²) in [5.74, 6) is 0.0197. The Labute approximate surface area is 130 Å². The van der Waals surface area contributed by atoms with E-state index < -0.39 is 4.92 Å². The summed E-state index contributed by atoms with van der Waals surface area (Å²) >= 11 is 2.25. The average molecular weight is 322 g/mol. The lowest BCUT2D eigenvalue weighted by Gasteiger charge is -2.13. The Morgan fingerprint density at radius 3 is 2.76 bits per heavy atom. The molecule has 0 unspecified atom stereocenters. The van der Waals surface area contributed by atoms with Gasteiger partial charge >= 0.3 is 5.00 Å². The molecule has 0 aliphatic heterocycles. The lowest BCUT2D eigenvalue weighted by Crippen LogP contribution is -2.28. The lowest BCUT2D eigenvalue weighted by molar-refractivity contribution is -0.382.